The van der Waals surface area contributed by atoms with Gasteiger partial charge in [0.2, 0.25) is 0 Å². The Balaban J connectivity index is 1.67. The molecule has 1 heterocycles. The van der Waals surface area contributed by atoms with Crippen molar-refractivity contribution in [3.63, 3.8) is 0 Å². The van der Waals surface area contributed by atoms with Crippen molar-refractivity contribution in [2.24, 2.45) is 0 Å². The molecule has 25 heavy (non-hydrogen) atoms. The van der Waals surface area contributed by atoms with Gasteiger partial charge in [-0.15, -0.1) is 0 Å². The predicted molar refractivity (Wildman–Crippen MR) is 105 cm³/mol. The maximum Gasteiger partial charge on any atom is 0.133 e. The second-order valence-corrected chi connectivity index (χ2v) is 6.09. The van der Waals surface area contributed by atoms with Gasteiger partial charge in [-0.2, -0.15) is 0 Å². The number of rotatable bonds is 5. The lowest BCUT2D eigenvalue weighted by Crippen LogP contribution is -2.03. The second kappa shape index (κ2) is 7.18. The maximum atomic E-state index is 4.82. The summed E-state index contributed by atoms with van der Waals surface area (Å²) < 4.78 is 2.31. The van der Waals surface area contributed by atoms with Gasteiger partial charge in [0.1, 0.15) is 5.82 Å². The van der Waals surface area contributed by atoms with Crippen LogP contribution in [0.2, 0.25) is 0 Å². The van der Waals surface area contributed by atoms with E-state index in [1.807, 2.05) is 12.1 Å². The topological polar surface area (TPSA) is 17.8 Å². The van der Waals surface area contributed by atoms with Crippen LogP contribution in [-0.2, 0) is 13.0 Å². The highest BCUT2D eigenvalue weighted by atomic mass is 15.1. The summed E-state index contributed by atoms with van der Waals surface area (Å²) in [5.41, 5.74) is 4.76. The van der Waals surface area contributed by atoms with E-state index in [4.69, 9.17) is 4.98 Å². The van der Waals surface area contributed by atoms with E-state index >= 15 is 0 Å². The minimum atomic E-state index is 0.916. The summed E-state index contributed by atoms with van der Waals surface area (Å²) in [6.07, 6.45) is 5.23. The van der Waals surface area contributed by atoms with E-state index in [1.165, 1.54) is 16.6 Å². The van der Waals surface area contributed by atoms with E-state index in [2.05, 4.69) is 89.5 Å². The van der Waals surface area contributed by atoms with E-state index < -0.39 is 0 Å². The van der Waals surface area contributed by atoms with Crippen LogP contribution in [0.4, 0.5) is 0 Å². The van der Waals surface area contributed by atoms with Crippen LogP contribution in [0.5, 0.6) is 0 Å². The Morgan fingerprint density at radius 3 is 2.20 bits per heavy atom. The predicted octanol–water partition coefficient (Wildman–Crippen LogP) is 5.45. The molecule has 0 fully saturated rings. The van der Waals surface area contributed by atoms with Crippen LogP contribution in [0.3, 0.4) is 0 Å². The Morgan fingerprint density at radius 1 is 0.720 bits per heavy atom. The summed E-state index contributed by atoms with van der Waals surface area (Å²) >= 11 is 0. The van der Waals surface area contributed by atoms with Crippen molar-refractivity contribution in [1.29, 1.82) is 0 Å². The number of fused-ring (bicyclic) bond motifs is 1. The molecule has 0 spiro atoms. The average Bonchev–Trinajstić information content (AvgIpc) is 3.04. The molecule has 0 amide bonds. The van der Waals surface area contributed by atoms with Gasteiger partial charge in [0.25, 0.3) is 0 Å². The summed E-state index contributed by atoms with van der Waals surface area (Å²) in [5, 5.41) is 0. The van der Waals surface area contributed by atoms with E-state index in [0.717, 1.165) is 24.3 Å². The van der Waals surface area contributed by atoms with Gasteiger partial charge in [0.15, 0.2) is 0 Å². The molecule has 2 heteroatoms. The number of benzene rings is 3. The van der Waals surface area contributed by atoms with Crippen LogP contribution in [0.15, 0.2) is 84.9 Å². The Hall–Kier alpha value is -3.13. The molecule has 4 rings (SSSR count). The molecule has 0 aliphatic heterocycles. The molecule has 4 aromatic rings. The largest absolute Gasteiger partial charge is 0.324 e. The number of nitrogens with zero attached hydrogens (tertiary/aromatic N) is 2. The molecule has 2 nitrogen and oxygen atoms in total. The van der Waals surface area contributed by atoms with Gasteiger partial charge in [-0.25, -0.2) is 4.98 Å². The summed E-state index contributed by atoms with van der Waals surface area (Å²) in [5.74, 6) is 1.00. The quantitative estimate of drug-likeness (QED) is 0.477. The van der Waals surface area contributed by atoms with Gasteiger partial charge in [-0.3, -0.25) is 0 Å². The lowest BCUT2D eigenvalue weighted by atomic mass is 10.1. The standard InChI is InChI=1S/C23H20N2/c1-3-9-19(10-4-1)15-16-23-24-21-13-7-8-14-22(21)25(23)18-17-20-11-5-2-6-12-20/h1-16H,17-18H2. The van der Waals surface area contributed by atoms with Crippen molar-refractivity contribution in [2.45, 2.75) is 13.0 Å². The van der Waals surface area contributed by atoms with Gasteiger partial charge in [-0.05, 0) is 35.8 Å². The molecule has 0 aliphatic carbocycles. The smallest absolute Gasteiger partial charge is 0.133 e. The summed E-state index contributed by atoms with van der Waals surface area (Å²) in [6.45, 7) is 0.916. The zero-order chi connectivity index (χ0) is 16.9. The second-order valence-electron chi connectivity index (χ2n) is 6.09. The van der Waals surface area contributed by atoms with Crippen molar-refractivity contribution < 1.29 is 0 Å². The van der Waals surface area contributed by atoms with E-state index in [-0.39, 0.29) is 0 Å². The monoisotopic (exact) mass is 324 g/mol. The molecule has 122 valence electrons. The SMILES string of the molecule is C(=Cc1nc2ccccc2n1CCc1ccccc1)c1ccccc1. The van der Waals surface area contributed by atoms with E-state index in [9.17, 15) is 0 Å². The first-order valence-electron chi connectivity index (χ1n) is 8.62. The Bertz CT molecular complexity index is 982. The lowest BCUT2D eigenvalue weighted by Gasteiger charge is -2.07. The van der Waals surface area contributed by atoms with Crippen molar-refractivity contribution in [1.82, 2.24) is 9.55 Å². The fourth-order valence-corrected chi connectivity index (χ4v) is 3.08. The molecule has 0 unspecified atom stereocenters. The minimum absolute atomic E-state index is 0.916. The molecule has 0 bridgehead atoms. The molecular weight excluding hydrogens is 304 g/mol. The Kier molecular flexibility index (Phi) is 4.42. The Morgan fingerprint density at radius 2 is 1.40 bits per heavy atom. The zero-order valence-corrected chi connectivity index (χ0v) is 14.0. The van der Waals surface area contributed by atoms with E-state index in [1.54, 1.807) is 0 Å². The van der Waals surface area contributed by atoms with Gasteiger partial charge in [0.05, 0.1) is 11.0 Å². The van der Waals surface area contributed by atoms with Crippen LogP contribution in [0.25, 0.3) is 23.2 Å². The first-order valence-corrected chi connectivity index (χ1v) is 8.62. The minimum Gasteiger partial charge on any atom is -0.324 e. The molecule has 1 aromatic heterocycles. The molecular formula is C23H20N2. The van der Waals surface area contributed by atoms with Crippen LogP contribution in [-0.4, -0.2) is 9.55 Å². The fourth-order valence-electron chi connectivity index (χ4n) is 3.08. The number of aromatic nitrogens is 2. The zero-order valence-electron chi connectivity index (χ0n) is 14.0. The third-order valence-electron chi connectivity index (χ3n) is 4.38. The number of hydrogen-bond acceptors (Lipinski definition) is 1. The highest BCUT2D eigenvalue weighted by molar-refractivity contribution is 5.79. The third kappa shape index (κ3) is 3.53. The van der Waals surface area contributed by atoms with Crippen molar-refractivity contribution in [3.8, 4) is 0 Å². The van der Waals surface area contributed by atoms with E-state index in [0.29, 0.717) is 0 Å². The highest BCUT2D eigenvalue weighted by Gasteiger charge is 2.08. The Labute approximate surface area is 148 Å². The van der Waals surface area contributed by atoms with Crippen LogP contribution < -0.4 is 0 Å². The van der Waals surface area contributed by atoms with Crippen LogP contribution in [0, 0.1) is 0 Å². The summed E-state index contributed by atoms with van der Waals surface area (Å²) in [6, 6.07) is 29.3. The van der Waals surface area contributed by atoms with Gasteiger partial charge in [0, 0.05) is 6.54 Å². The first-order chi connectivity index (χ1) is 12.4. The molecule has 3 aromatic carbocycles. The highest BCUT2D eigenvalue weighted by Crippen LogP contribution is 2.19. The van der Waals surface area contributed by atoms with Gasteiger partial charge in [-0.1, -0.05) is 78.9 Å². The number of aryl methyl sites for hydroxylation is 2. The average molecular weight is 324 g/mol. The van der Waals surface area contributed by atoms with Gasteiger partial charge < -0.3 is 4.57 Å². The normalized spacial score (nSPS) is 11.4. The number of hydrogen-bond donors (Lipinski definition) is 0. The summed E-state index contributed by atoms with van der Waals surface area (Å²) in [7, 11) is 0. The van der Waals surface area contributed by atoms with Gasteiger partial charge >= 0.3 is 0 Å². The van der Waals surface area contributed by atoms with Crippen molar-refractivity contribution in [3.05, 3.63) is 102 Å². The van der Waals surface area contributed by atoms with Crippen molar-refractivity contribution >= 4 is 23.2 Å². The molecule has 0 N–H and O–H groups in total. The maximum absolute atomic E-state index is 4.82. The molecule has 0 saturated carbocycles. The van der Waals surface area contributed by atoms with Crippen molar-refractivity contribution in [2.75, 3.05) is 0 Å². The van der Waals surface area contributed by atoms with Crippen LogP contribution >= 0.6 is 0 Å². The fraction of sp³-hybridized carbons (Fsp3) is 0.0870. The molecule has 0 aliphatic rings. The number of imidazole rings is 1. The third-order valence-corrected chi connectivity index (χ3v) is 4.38. The molecule has 0 radical (unpaired) electrons. The van der Waals surface area contributed by atoms with Crippen LogP contribution in [0.1, 0.15) is 17.0 Å². The molecule has 0 saturated heterocycles. The number of para-hydroxylation sites is 2. The lowest BCUT2D eigenvalue weighted by molar-refractivity contribution is 0.709. The molecule has 0 atom stereocenters. The summed E-state index contributed by atoms with van der Waals surface area (Å²) in [4.78, 5) is 4.82. The first kappa shape index (κ1) is 15.4.